The molecule has 0 atom stereocenters. The van der Waals surface area contributed by atoms with E-state index < -0.39 is 6.36 Å². The van der Waals surface area contributed by atoms with E-state index >= 15 is 0 Å². The smallest absolute Gasteiger partial charge is 0.249 e. The topological polar surface area (TPSA) is 36.3 Å². The van der Waals surface area contributed by atoms with Gasteiger partial charge in [-0.05, 0) is 12.2 Å². The van der Waals surface area contributed by atoms with Crippen molar-refractivity contribution in [3.05, 3.63) is 23.9 Å². The highest BCUT2D eigenvalue weighted by Crippen LogP contribution is 2.20. The van der Waals surface area contributed by atoms with Gasteiger partial charge < -0.3 is 0 Å². The Morgan fingerprint density at radius 3 is 2.62 bits per heavy atom. The third kappa shape index (κ3) is 3.17. The summed E-state index contributed by atoms with van der Waals surface area (Å²) < 4.78 is 34.9. The van der Waals surface area contributed by atoms with Crippen molar-refractivity contribution in [3.63, 3.8) is 0 Å². The molecule has 0 unspecified atom stereocenters. The van der Waals surface area contributed by atoms with Crippen LogP contribution in [-0.4, -0.2) is 18.0 Å². The monoisotopic (exact) mass is 190 g/mol. The molecule has 0 aromatic rings. The number of rotatable bonds is 1. The number of nitriles is 1. The molecule has 0 N–H and O–H groups in total. The summed E-state index contributed by atoms with van der Waals surface area (Å²) in [4.78, 5) is 3.56. The third-order valence-electron chi connectivity index (χ3n) is 1.26. The number of halogens is 3. The summed E-state index contributed by atoms with van der Waals surface area (Å²) in [6, 6.07) is 1.80. The van der Waals surface area contributed by atoms with E-state index in [1.54, 1.807) is 6.07 Å². The first kappa shape index (κ1) is 9.61. The Morgan fingerprint density at radius 2 is 2.23 bits per heavy atom. The Kier molecular flexibility index (Phi) is 2.58. The van der Waals surface area contributed by atoms with Crippen molar-refractivity contribution in [1.29, 1.82) is 5.26 Å². The molecule has 0 fully saturated rings. The third-order valence-corrected chi connectivity index (χ3v) is 1.26. The van der Waals surface area contributed by atoms with Crippen LogP contribution in [-0.2, 0) is 4.84 Å². The normalized spacial score (nSPS) is 16.8. The molecule has 0 aromatic heterocycles. The molecule has 0 aliphatic carbocycles. The maximum absolute atomic E-state index is 11.6. The minimum atomic E-state index is -4.69. The summed E-state index contributed by atoms with van der Waals surface area (Å²) in [5.74, 6) is 0. The van der Waals surface area contributed by atoms with Crippen LogP contribution in [0.15, 0.2) is 23.9 Å². The van der Waals surface area contributed by atoms with Crippen LogP contribution in [0.4, 0.5) is 13.2 Å². The Bertz CT molecular complexity index is 287. The number of alkyl halides is 3. The van der Waals surface area contributed by atoms with E-state index in [2.05, 4.69) is 4.84 Å². The van der Waals surface area contributed by atoms with Gasteiger partial charge in [0.1, 0.15) is 0 Å². The van der Waals surface area contributed by atoms with Gasteiger partial charge in [0.05, 0.1) is 18.2 Å². The lowest BCUT2D eigenvalue weighted by Crippen LogP contribution is -2.28. The standard InChI is InChI=1S/C7H5F3N2O/c8-7(9,10)13-12-3-1-6(5-11)2-4-12/h1-3H,4H2. The van der Waals surface area contributed by atoms with Crippen molar-refractivity contribution in [2.24, 2.45) is 0 Å². The zero-order valence-corrected chi connectivity index (χ0v) is 6.38. The second kappa shape index (κ2) is 3.49. The second-order valence-electron chi connectivity index (χ2n) is 2.22. The van der Waals surface area contributed by atoms with Crippen molar-refractivity contribution < 1.29 is 18.0 Å². The predicted molar refractivity (Wildman–Crippen MR) is 36.7 cm³/mol. The maximum atomic E-state index is 11.6. The fraction of sp³-hybridized carbons (Fsp3) is 0.286. The van der Waals surface area contributed by atoms with E-state index in [0.717, 1.165) is 6.20 Å². The van der Waals surface area contributed by atoms with Crippen LogP contribution < -0.4 is 0 Å². The molecule has 0 saturated carbocycles. The highest BCUT2D eigenvalue weighted by molar-refractivity contribution is 5.34. The number of hydroxylamine groups is 2. The van der Waals surface area contributed by atoms with Crippen molar-refractivity contribution in [2.45, 2.75) is 6.36 Å². The molecular formula is C7H5F3N2O. The van der Waals surface area contributed by atoms with Crippen molar-refractivity contribution in [3.8, 4) is 6.07 Å². The quantitative estimate of drug-likeness (QED) is 0.631. The fourth-order valence-corrected chi connectivity index (χ4v) is 0.764. The molecule has 13 heavy (non-hydrogen) atoms. The molecule has 1 aliphatic rings. The van der Waals surface area contributed by atoms with E-state index in [1.165, 1.54) is 12.2 Å². The molecule has 1 heterocycles. The molecule has 6 heteroatoms. The van der Waals surface area contributed by atoms with Crippen LogP contribution in [0, 0.1) is 11.3 Å². The van der Waals surface area contributed by atoms with Gasteiger partial charge in [0, 0.05) is 6.20 Å². The van der Waals surface area contributed by atoms with E-state index in [9.17, 15) is 13.2 Å². The molecule has 0 bridgehead atoms. The Morgan fingerprint density at radius 1 is 1.54 bits per heavy atom. The highest BCUT2D eigenvalue weighted by Gasteiger charge is 2.32. The van der Waals surface area contributed by atoms with Crippen molar-refractivity contribution >= 4 is 0 Å². The fourth-order valence-electron chi connectivity index (χ4n) is 0.764. The zero-order chi connectivity index (χ0) is 9.90. The Labute approximate surface area is 72.3 Å². The number of hydrogen-bond donors (Lipinski definition) is 0. The lowest BCUT2D eigenvalue weighted by molar-refractivity contribution is -0.400. The molecule has 0 radical (unpaired) electrons. The molecule has 1 aliphatic heterocycles. The summed E-state index contributed by atoms with van der Waals surface area (Å²) in [5.41, 5.74) is 0.321. The molecule has 3 nitrogen and oxygen atoms in total. The van der Waals surface area contributed by atoms with Crippen LogP contribution in [0.1, 0.15) is 0 Å². The van der Waals surface area contributed by atoms with Crippen LogP contribution in [0.3, 0.4) is 0 Å². The van der Waals surface area contributed by atoms with Gasteiger partial charge in [0.15, 0.2) is 0 Å². The molecule has 70 valence electrons. The predicted octanol–water partition coefficient (Wildman–Crippen LogP) is 1.72. The van der Waals surface area contributed by atoms with Crippen LogP contribution >= 0.6 is 0 Å². The SMILES string of the molecule is N#CC1=CCN(OC(F)(F)F)C=C1. The second-order valence-corrected chi connectivity index (χ2v) is 2.22. The lowest BCUT2D eigenvalue weighted by Gasteiger charge is -2.21. The van der Waals surface area contributed by atoms with Crippen molar-refractivity contribution in [2.75, 3.05) is 6.54 Å². The zero-order valence-electron chi connectivity index (χ0n) is 6.38. The van der Waals surface area contributed by atoms with Gasteiger partial charge >= 0.3 is 6.36 Å². The van der Waals surface area contributed by atoms with E-state index in [-0.39, 0.29) is 6.54 Å². The highest BCUT2D eigenvalue weighted by atomic mass is 19.4. The van der Waals surface area contributed by atoms with Gasteiger partial charge in [0.2, 0.25) is 0 Å². The van der Waals surface area contributed by atoms with Gasteiger partial charge in [-0.3, -0.25) is 0 Å². The molecule has 0 aromatic carbocycles. The van der Waals surface area contributed by atoms with Crippen LogP contribution in [0.2, 0.25) is 0 Å². The van der Waals surface area contributed by atoms with Crippen molar-refractivity contribution in [1.82, 2.24) is 5.06 Å². The largest absolute Gasteiger partial charge is 0.544 e. The Hall–Kier alpha value is -1.48. The van der Waals surface area contributed by atoms with Gasteiger partial charge in [-0.25, -0.2) is 5.06 Å². The van der Waals surface area contributed by atoms with Gasteiger partial charge in [-0.15, -0.1) is 13.2 Å². The van der Waals surface area contributed by atoms with E-state index in [4.69, 9.17) is 5.26 Å². The van der Waals surface area contributed by atoms with Crippen LogP contribution in [0.5, 0.6) is 0 Å². The molecule has 0 spiro atoms. The first-order valence-electron chi connectivity index (χ1n) is 3.32. The molecule has 0 saturated heterocycles. The first-order chi connectivity index (χ1) is 6.01. The summed E-state index contributed by atoms with van der Waals surface area (Å²) in [5, 5.41) is 8.96. The molecule has 1 rings (SSSR count). The first-order valence-corrected chi connectivity index (χ1v) is 3.32. The van der Waals surface area contributed by atoms with E-state index in [0.29, 0.717) is 10.6 Å². The summed E-state index contributed by atoms with van der Waals surface area (Å²) in [6.07, 6.45) is -1.05. The summed E-state index contributed by atoms with van der Waals surface area (Å²) in [6.45, 7) is -0.0844. The number of nitrogens with zero attached hydrogens (tertiary/aromatic N) is 2. The van der Waals surface area contributed by atoms with Crippen LogP contribution in [0.25, 0.3) is 0 Å². The average molecular weight is 190 g/mol. The summed E-state index contributed by atoms with van der Waals surface area (Å²) >= 11 is 0. The number of hydrogen-bond acceptors (Lipinski definition) is 3. The molecule has 0 amide bonds. The van der Waals surface area contributed by atoms with Gasteiger partial charge in [-0.2, -0.15) is 10.1 Å². The van der Waals surface area contributed by atoms with Gasteiger partial charge in [0.25, 0.3) is 0 Å². The number of allylic oxidation sites excluding steroid dienone is 2. The average Bonchev–Trinajstić information content (AvgIpc) is 2.03. The van der Waals surface area contributed by atoms with E-state index in [1.807, 2.05) is 0 Å². The summed E-state index contributed by atoms with van der Waals surface area (Å²) in [7, 11) is 0. The lowest BCUT2D eigenvalue weighted by atomic mass is 10.2. The maximum Gasteiger partial charge on any atom is 0.544 e. The van der Waals surface area contributed by atoms with Gasteiger partial charge in [-0.1, -0.05) is 0 Å². The minimum Gasteiger partial charge on any atom is -0.249 e. The minimum absolute atomic E-state index is 0.0844. The Balaban J connectivity index is 2.50. The molecular weight excluding hydrogens is 185 g/mol.